The average Bonchev–Trinajstić information content (AvgIpc) is 2.62. The molecule has 5 nitrogen and oxygen atoms in total. The van der Waals surface area contributed by atoms with E-state index in [0.29, 0.717) is 32.3 Å². The van der Waals surface area contributed by atoms with Crippen molar-refractivity contribution in [1.29, 1.82) is 0 Å². The van der Waals surface area contributed by atoms with Gasteiger partial charge in [-0.2, -0.15) is 0 Å². The monoisotopic (exact) mass is 350 g/mol. The topological polar surface area (TPSA) is 45.2 Å². The lowest BCUT2D eigenvalue weighted by Gasteiger charge is -2.34. The molecule has 1 atom stereocenters. The summed E-state index contributed by atoms with van der Waals surface area (Å²) in [5.74, 6) is 1.39. The molecule has 5 heteroatoms. The van der Waals surface area contributed by atoms with Crippen LogP contribution in [0.2, 0.25) is 0 Å². The minimum Gasteiger partial charge on any atom is -0.491 e. The molecule has 1 aromatic rings. The second-order valence-corrected chi connectivity index (χ2v) is 7.04. The van der Waals surface area contributed by atoms with Gasteiger partial charge in [-0.3, -0.25) is 4.90 Å². The number of ether oxygens (including phenoxy) is 2. The number of likely N-dealkylation sites (N-methyl/N-ethyl adjacent to an activating group) is 1. The van der Waals surface area contributed by atoms with Crippen molar-refractivity contribution in [3.63, 3.8) is 0 Å². The fourth-order valence-corrected chi connectivity index (χ4v) is 3.03. The molecule has 0 aromatic heterocycles. The number of nitrogens with zero attached hydrogens (tertiary/aromatic N) is 2. The van der Waals surface area contributed by atoms with E-state index in [0.717, 1.165) is 38.5 Å². The van der Waals surface area contributed by atoms with Crippen molar-refractivity contribution in [3.8, 4) is 5.75 Å². The molecular formula is C20H34N2O3. The molecule has 1 aromatic carbocycles. The molecule has 0 spiro atoms. The van der Waals surface area contributed by atoms with Crippen LogP contribution in [-0.2, 0) is 4.74 Å². The molecule has 0 amide bonds. The Bertz CT molecular complexity index is 470. The SMILES string of the molecule is CCN1CCN(C[C@@H](O)COCCOc2ccc(C(C)C)cc2)CC1. The van der Waals surface area contributed by atoms with Crippen molar-refractivity contribution < 1.29 is 14.6 Å². The highest BCUT2D eigenvalue weighted by Crippen LogP contribution is 2.18. The first kappa shape index (κ1) is 20.2. The quantitative estimate of drug-likeness (QED) is 0.656. The number of hydrogen-bond acceptors (Lipinski definition) is 5. The third-order valence-electron chi connectivity index (χ3n) is 4.73. The van der Waals surface area contributed by atoms with E-state index in [4.69, 9.17) is 9.47 Å². The molecule has 142 valence electrons. The van der Waals surface area contributed by atoms with Crippen LogP contribution in [0.4, 0.5) is 0 Å². The normalized spacial score (nSPS) is 17.8. The summed E-state index contributed by atoms with van der Waals surface area (Å²) in [5.41, 5.74) is 1.31. The summed E-state index contributed by atoms with van der Waals surface area (Å²) in [6, 6.07) is 8.20. The predicted octanol–water partition coefficient (Wildman–Crippen LogP) is 2.20. The molecule has 0 unspecified atom stereocenters. The highest BCUT2D eigenvalue weighted by atomic mass is 16.5. The molecule has 1 fully saturated rings. The second kappa shape index (κ2) is 10.8. The van der Waals surface area contributed by atoms with Crippen molar-refractivity contribution in [2.75, 3.05) is 59.1 Å². The molecule has 0 radical (unpaired) electrons. The van der Waals surface area contributed by atoms with Crippen LogP contribution in [0.1, 0.15) is 32.3 Å². The molecule has 1 aliphatic heterocycles. The Morgan fingerprint density at radius 1 is 1.00 bits per heavy atom. The summed E-state index contributed by atoms with van der Waals surface area (Å²) in [4.78, 5) is 4.75. The van der Waals surface area contributed by atoms with Crippen molar-refractivity contribution in [1.82, 2.24) is 9.80 Å². The highest BCUT2D eigenvalue weighted by Gasteiger charge is 2.18. The molecular weight excluding hydrogens is 316 g/mol. The Hall–Kier alpha value is -1.14. The van der Waals surface area contributed by atoms with Gasteiger partial charge in [0.1, 0.15) is 12.4 Å². The minimum atomic E-state index is -0.432. The number of β-amino-alcohol motifs (C(OH)–C–C–N with tert-alkyl or cyclic N) is 1. The van der Waals surface area contributed by atoms with Crippen LogP contribution in [0.25, 0.3) is 0 Å². The number of hydrogen-bond donors (Lipinski definition) is 1. The maximum absolute atomic E-state index is 10.1. The van der Waals surface area contributed by atoms with Gasteiger partial charge in [0.25, 0.3) is 0 Å². The van der Waals surface area contributed by atoms with Crippen LogP contribution in [0.5, 0.6) is 5.75 Å². The summed E-state index contributed by atoms with van der Waals surface area (Å²) in [7, 11) is 0. The van der Waals surface area contributed by atoms with Crippen LogP contribution in [0.3, 0.4) is 0 Å². The molecule has 1 aliphatic rings. The van der Waals surface area contributed by atoms with Crippen LogP contribution in [0, 0.1) is 0 Å². The molecule has 0 saturated carbocycles. The van der Waals surface area contributed by atoms with Gasteiger partial charge in [-0.15, -0.1) is 0 Å². The van der Waals surface area contributed by atoms with Gasteiger partial charge >= 0.3 is 0 Å². The molecule has 0 bridgehead atoms. The Kier molecular flexibility index (Phi) is 8.68. The van der Waals surface area contributed by atoms with Gasteiger partial charge in [0, 0.05) is 32.7 Å². The number of rotatable bonds is 10. The summed E-state index contributed by atoms with van der Waals surface area (Å²) in [6.45, 7) is 14.0. The zero-order valence-corrected chi connectivity index (χ0v) is 16.0. The molecule has 1 saturated heterocycles. The maximum Gasteiger partial charge on any atom is 0.119 e. The largest absolute Gasteiger partial charge is 0.491 e. The zero-order chi connectivity index (χ0) is 18.1. The Morgan fingerprint density at radius 3 is 2.24 bits per heavy atom. The van der Waals surface area contributed by atoms with Crippen molar-refractivity contribution in [2.24, 2.45) is 0 Å². The lowest BCUT2D eigenvalue weighted by Crippen LogP contribution is -2.48. The first-order valence-electron chi connectivity index (χ1n) is 9.51. The van der Waals surface area contributed by atoms with Crippen LogP contribution in [-0.4, -0.2) is 80.1 Å². The fraction of sp³-hybridized carbons (Fsp3) is 0.700. The number of benzene rings is 1. The van der Waals surface area contributed by atoms with Gasteiger partial charge in [-0.1, -0.05) is 32.9 Å². The van der Waals surface area contributed by atoms with E-state index in [2.05, 4.69) is 42.7 Å². The number of aliphatic hydroxyl groups is 1. The summed E-state index contributed by atoms with van der Waals surface area (Å²) in [6.07, 6.45) is -0.432. The Morgan fingerprint density at radius 2 is 1.64 bits per heavy atom. The fourth-order valence-electron chi connectivity index (χ4n) is 3.03. The van der Waals surface area contributed by atoms with E-state index >= 15 is 0 Å². The van der Waals surface area contributed by atoms with Gasteiger partial charge in [-0.05, 0) is 30.2 Å². The van der Waals surface area contributed by atoms with Crippen molar-refractivity contribution in [2.45, 2.75) is 32.8 Å². The van der Waals surface area contributed by atoms with Crippen LogP contribution in [0.15, 0.2) is 24.3 Å². The third kappa shape index (κ3) is 7.32. The lowest BCUT2D eigenvalue weighted by atomic mass is 10.0. The predicted molar refractivity (Wildman–Crippen MR) is 101 cm³/mol. The smallest absolute Gasteiger partial charge is 0.119 e. The third-order valence-corrected chi connectivity index (χ3v) is 4.73. The van der Waals surface area contributed by atoms with E-state index in [1.165, 1.54) is 5.56 Å². The molecule has 1 heterocycles. The molecule has 25 heavy (non-hydrogen) atoms. The van der Waals surface area contributed by atoms with E-state index in [1.807, 2.05) is 12.1 Å². The first-order chi connectivity index (χ1) is 12.1. The Balaban J connectivity index is 1.53. The average molecular weight is 351 g/mol. The van der Waals surface area contributed by atoms with Crippen LogP contribution < -0.4 is 4.74 Å². The standard InChI is InChI=1S/C20H34N2O3/c1-4-21-9-11-22(12-10-21)15-19(23)16-24-13-14-25-20-7-5-18(6-8-20)17(2)3/h5-8,17,19,23H,4,9-16H2,1-3H3/t19-/m1/s1. The number of aliphatic hydroxyl groups excluding tert-OH is 1. The summed E-state index contributed by atoms with van der Waals surface area (Å²) in [5, 5.41) is 10.1. The van der Waals surface area contributed by atoms with Gasteiger partial charge in [0.15, 0.2) is 0 Å². The van der Waals surface area contributed by atoms with Crippen molar-refractivity contribution in [3.05, 3.63) is 29.8 Å². The highest BCUT2D eigenvalue weighted by molar-refractivity contribution is 5.28. The Labute approximate surface area is 152 Å². The van der Waals surface area contributed by atoms with Crippen LogP contribution >= 0.6 is 0 Å². The zero-order valence-electron chi connectivity index (χ0n) is 16.0. The molecule has 0 aliphatic carbocycles. The van der Waals surface area contributed by atoms with E-state index in [1.54, 1.807) is 0 Å². The van der Waals surface area contributed by atoms with E-state index in [9.17, 15) is 5.11 Å². The van der Waals surface area contributed by atoms with E-state index in [-0.39, 0.29) is 0 Å². The van der Waals surface area contributed by atoms with Gasteiger partial charge in [0.05, 0.1) is 19.3 Å². The van der Waals surface area contributed by atoms with E-state index < -0.39 is 6.10 Å². The summed E-state index contributed by atoms with van der Waals surface area (Å²) < 4.78 is 11.2. The maximum atomic E-state index is 10.1. The number of piperazine rings is 1. The van der Waals surface area contributed by atoms with Crippen molar-refractivity contribution >= 4 is 0 Å². The molecule has 1 N–H and O–H groups in total. The molecule has 2 rings (SSSR count). The van der Waals surface area contributed by atoms with Gasteiger partial charge in [-0.25, -0.2) is 0 Å². The minimum absolute atomic E-state index is 0.365. The summed E-state index contributed by atoms with van der Waals surface area (Å²) >= 11 is 0. The second-order valence-electron chi connectivity index (χ2n) is 7.04. The van der Waals surface area contributed by atoms with Gasteiger partial charge in [0.2, 0.25) is 0 Å². The lowest BCUT2D eigenvalue weighted by molar-refractivity contribution is 0.000390. The van der Waals surface area contributed by atoms with Gasteiger partial charge < -0.3 is 19.5 Å². The first-order valence-corrected chi connectivity index (χ1v) is 9.51.